The number of aromatic amines is 2. The van der Waals surface area contributed by atoms with Crippen LogP contribution in [0.5, 0.6) is 0 Å². The van der Waals surface area contributed by atoms with Gasteiger partial charge in [0.1, 0.15) is 17.0 Å². The molecule has 1 atom stereocenters. The fraction of sp³-hybridized carbons (Fsp3) is 0.300. The Bertz CT molecular complexity index is 1120. The van der Waals surface area contributed by atoms with Gasteiger partial charge in [-0.25, -0.2) is 4.98 Å². The molecule has 8 heteroatoms. The minimum Gasteiger partial charge on any atom is -0.377 e. The summed E-state index contributed by atoms with van der Waals surface area (Å²) in [6.07, 6.45) is 5.41. The topological polar surface area (TPSA) is 95.6 Å². The van der Waals surface area contributed by atoms with Crippen molar-refractivity contribution >= 4 is 16.7 Å². The van der Waals surface area contributed by atoms with Crippen molar-refractivity contribution in [2.45, 2.75) is 19.9 Å². The molecule has 0 aromatic carbocycles. The first-order valence-corrected chi connectivity index (χ1v) is 9.36. The first-order valence-electron chi connectivity index (χ1n) is 9.36. The number of pyridine rings is 2. The number of aromatic nitrogens is 6. The Hall–Kier alpha value is -3.26. The second-order valence-corrected chi connectivity index (χ2v) is 7.08. The Balaban J connectivity index is 1.79. The van der Waals surface area contributed by atoms with Gasteiger partial charge in [0.2, 0.25) is 0 Å². The van der Waals surface area contributed by atoms with E-state index in [0.717, 1.165) is 51.5 Å². The molecule has 0 aliphatic carbocycles. The van der Waals surface area contributed by atoms with Crippen molar-refractivity contribution in [1.82, 2.24) is 30.4 Å². The lowest BCUT2D eigenvalue weighted by molar-refractivity contribution is 0.0986. The van der Waals surface area contributed by atoms with Crippen LogP contribution >= 0.6 is 0 Å². The van der Waals surface area contributed by atoms with Crippen molar-refractivity contribution in [3.8, 4) is 22.5 Å². The van der Waals surface area contributed by atoms with Crippen LogP contribution in [0.25, 0.3) is 33.4 Å². The van der Waals surface area contributed by atoms with E-state index in [1.807, 2.05) is 31.5 Å². The Morgan fingerprint density at radius 1 is 1.14 bits per heavy atom. The number of morpholine rings is 1. The highest BCUT2D eigenvalue weighted by Crippen LogP contribution is 2.36. The van der Waals surface area contributed by atoms with Crippen molar-refractivity contribution < 1.29 is 4.74 Å². The monoisotopic (exact) mass is 375 g/mol. The van der Waals surface area contributed by atoms with Gasteiger partial charge in [-0.15, -0.1) is 0 Å². The third-order valence-corrected chi connectivity index (χ3v) is 5.25. The van der Waals surface area contributed by atoms with Crippen molar-refractivity contribution in [3.63, 3.8) is 0 Å². The minimum atomic E-state index is 0.254. The molecule has 0 bridgehead atoms. The van der Waals surface area contributed by atoms with E-state index in [-0.39, 0.29) is 6.04 Å². The number of fused-ring (bicyclic) bond motifs is 1. The van der Waals surface area contributed by atoms with Crippen LogP contribution in [-0.4, -0.2) is 56.2 Å². The van der Waals surface area contributed by atoms with E-state index in [2.05, 4.69) is 43.3 Å². The maximum Gasteiger partial charge on any atom is 0.130 e. The SMILES string of the molecule is Cc1[nH]ncc1-c1cc(N2CCOC[C@H]2C)nc2c(-c3ccn[nH]3)nccc12. The molecule has 4 aromatic rings. The fourth-order valence-corrected chi connectivity index (χ4v) is 3.78. The molecule has 5 rings (SSSR count). The quantitative estimate of drug-likeness (QED) is 0.572. The van der Waals surface area contributed by atoms with Gasteiger partial charge in [0.05, 0.1) is 31.1 Å². The number of rotatable bonds is 3. The van der Waals surface area contributed by atoms with Gasteiger partial charge in [0, 0.05) is 35.6 Å². The number of hydrogen-bond acceptors (Lipinski definition) is 6. The minimum absolute atomic E-state index is 0.254. The van der Waals surface area contributed by atoms with Crippen LogP contribution in [0.1, 0.15) is 12.6 Å². The number of nitrogens with one attached hydrogen (secondary N) is 2. The first-order chi connectivity index (χ1) is 13.7. The van der Waals surface area contributed by atoms with E-state index < -0.39 is 0 Å². The standard InChI is InChI=1S/C20H21N7O/c1-12-11-28-8-7-27(12)18-9-15(16-10-23-25-13(16)2)14-3-5-21-20(19(14)24-18)17-4-6-22-26-17/h3-6,9-10,12H,7-8,11H2,1-2H3,(H,22,26)(H,23,25)/t12-/m1/s1. The zero-order chi connectivity index (χ0) is 19.1. The predicted octanol–water partition coefficient (Wildman–Crippen LogP) is 2.94. The Morgan fingerprint density at radius 2 is 2.07 bits per heavy atom. The predicted molar refractivity (Wildman–Crippen MR) is 107 cm³/mol. The summed E-state index contributed by atoms with van der Waals surface area (Å²) in [5, 5.41) is 15.4. The van der Waals surface area contributed by atoms with Gasteiger partial charge in [-0.3, -0.25) is 15.2 Å². The van der Waals surface area contributed by atoms with Crippen molar-refractivity contribution in [3.05, 3.63) is 42.5 Å². The summed E-state index contributed by atoms with van der Waals surface area (Å²) < 4.78 is 5.62. The molecule has 0 saturated carbocycles. The largest absolute Gasteiger partial charge is 0.377 e. The third kappa shape index (κ3) is 2.73. The van der Waals surface area contributed by atoms with Gasteiger partial charge in [-0.1, -0.05) is 0 Å². The zero-order valence-electron chi connectivity index (χ0n) is 15.8. The molecule has 8 nitrogen and oxygen atoms in total. The zero-order valence-corrected chi connectivity index (χ0v) is 15.8. The summed E-state index contributed by atoms with van der Waals surface area (Å²) in [6, 6.07) is 6.33. The number of hydrogen-bond donors (Lipinski definition) is 2. The van der Waals surface area contributed by atoms with E-state index >= 15 is 0 Å². The first kappa shape index (κ1) is 16.9. The van der Waals surface area contributed by atoms with Gasteiger partial charge < -0.3 is 9.64 Å². The van der Waals surface area contributed by atoms with Crippen LogP contribution in [0.15, 0.2) is 36.8 Å². The highest BCUT2D eigenvalue weighted by Gasteiger charge is 2.23. The summed E-state index contributed by atoms with van der Waals surface area (Å²) in [6.45, 7) is 6.39. The molecular weight excluding hydrogens is 354 g/mol. The normalized spacial score (nSPS) is 17.4. The molecule has 1 saturated heterocycles. The molecule has 0 unspecified atom stereocenters. The van der Waals surface area contributed by atoms with E-state index in [1.54, 1.807) is 6.20 Å². The second-order valence-electron chi connectivity index (χ2n) is 7.08. The van der Waals surface area contributed by atoms with Crippen molar-refractivity contribution in [2.75, 3.05) is 24.7 Å². The fourth-order valence-electron chi connectivity index (χ4n) is 3.78. The smallest absolute Gasteiger partial charge is 0.130 e. The van der Waals surface area contributed by atoms with Crippen molar-refractivity contribution in [1.29, 1.82) is 0 Å². The van der Waals surface area contributed by atoms with Crippen LogP contribution in [0.4, 0.5) is 5.82 Å². The summed E-state index contributed by atoms with van der Waals surface area (Å²) in [5.74, 6) is 0.924. The van der Waals surface area contributed by atoms with Gasteiger partial charge in [-0.2, -0.15) is 10.2 Å². The van der Waals surface area contributed by atoms with Gasteiger partial charge in [-0.05, 0) is 37.6 Å². The summed E-state index contributed by atoms with van der Waals surface area (Å²) in [7, 11) is 0. The number of ether oxygens (including phenoxy) is 1. The molecule has 1 aliphatic heterocycles. The van der Waals surface area contributed by atoms with E-state index in [0.29, 0.717) is 13.2 Å². The Labute approximate surface area is 162 Å². The molecule has 5 heterocycles. The number of nitrogens with zero attached hydrogens (tertiary/aromatic N) is 5. The second kappa shape index (κ2) is 6.72. The van der Waals surface area contributed by atoms with Crippen LogP contribution in [0, 0.1) is 6.92 Å². The molecule has 2 N–H and O–H groups in total. The van der Waals surface area contributed by atoms with Gasteiger partial charge in [0.15, 0.2) is 0 Å². The van der Waals surface area contributed by atoms with Crippen molar-refractivity contribution in [2.24, 2.45) is 0 Å². The molecule has 1 aliphatic rings. The Morgan fingerprint density at radius 3 is 2.82 bits per heavy atom. The lowest BCUT2D eigenvalue weighted by atomic mass is 10.0. The van der Waals surface area contributed by atoms with Crippen LogP contribution in [-0.2, 0) is 4.74 Å². The number of H-pyrrole nitrogens is 2. The highest BCUT2D eigenvalue weighted by atomic mass is 16.5. The van der Waals surface area contributed by atoms with Crippen LogP contribution in [0.2, 0.25) is 0 Å². The molecule has 0 amide bonds. The molecule has 0 radical (unpaired) electrons. The van der Waals surface area contributed by atoms with Crippen LogP contribution in [0.3, 0.4) is 0 Å². The van der Waals surface area contributed by atoms with Crippen LogP contribution < -0.4 is 4.90 Å². The summed E-state index contributed by atoms with van der Waals surface area (Å²) in [5.41, 5.74) is 5.66. The molecule has 0 spiro atoms. The summed E-state index contributed by atoms with van der Waals surface area (Å²) in [4.78, 5) is 11.9. The molecule has 142 valence electrons. The Kier molecular flexibility index (Phi) is 4.05. The lowest BCUT2D eigenvalue weighted by Crippen LogP contribution is -2.44. The average Bonchev–Trinajstić information content (AvgIpc) is 3.39. The lowest BCUT2D eigenvalue weighted by Gasteiger charge is -2.34. The molecule has 1 fully saturated rings. The number of anilines is 1. The third-order valence-electron chi connectivity index (χ3n) is 5.25. The molecule has 4 aromatic heterocycles. The van der Waals surface area contributed by atoms with Gasteiger partial charge >= 0.3 is 0 Å². The summed E-state index contributed by atoms with van der Waals surface area (Å²) >= 11 is 0. The number of aryl methyl sites for hydroxylation is 1. The van der Waals surface area contributed by atoms with Gasteiger partial charge in [0.25, 0.3) is 0 Å². The average molecular weight is 375 g/mol. The maximum atomic E-state index is 5.62. The van der Waals surface area contributed by atoms with E-state index in [9.17, 15) is 0 Å². The van der Waals surface area contributed by atoms with E-state index in [4.69, 9.17) is 9.72 Å². The molecular formula is C20H21N7O. The van der Waals surface area contributed by atoms with E-state index in [1.165, 1.54) is 0 Å². The maximum absolute atomic E-state index is 5.62. The highest BCUT2D eigenvalue weighted by molar-refractivity contribution is 6.01. The molecule has 28 heavy (non-hydrogen) atoms.